The van der Waals surface area contributed by atoms with Gasteiger partial charge in [-0.05, 0) is 49.1 Å². The van der Waals surface area contributed by atoms with Crippen molar-refractivity contribution in [3.05, 3.63) is 70.4 Å². The van der Waals surface area contributed by atoms with Gasteiger partial charge in [-0.25, -0.2) is 0 Å². The van der Waals surface area contributed by atoms with Gasteiger partial charge in [0.15, 0.2) is 0 Å². The molecule has 7 heteroatoms. The number of nitrogens with zero attached hydrogens (tertiary/aromatic N) is 1. The average Bonchev–Trinajstić information content (AvgIpc) is 3.05. The molecule has 0 bridgehead atoms. The van der Waals surface area contributed by atoms with Crippen LogP contribution in [0.3, 0.4) is 0 Å². The molecule has 1 atom stereocenters. The van der Waals surface area contributed by atoms with Crippen LogP contribution < -0.4 is 16.0 Å². The number of aryl methyl sites for hydroxylation is 1. The first-order valence-corrected chi connectivity index (χ1v) is 9.71. The van der Waals surface area contributed by atoms with Crippen LogP contribution in [0.1, 0.15) is 34.6 Å². The Bertz CT molecular complexity index is 942. The van der Waals surface area contributed by atoms with Gasteiger partial charge in [0.25, 0.3) is 5.91 Å². The quantitative estimate of drug-likeness (QED) is 0.505. The van der Waals surface area contributed by atoms with E-state index in [2.05, 4.69) is 39.4 Å². The van der Waals surface area contributed by atoms with E-state index in [0.29, 0.717) is 22.0 Å². The van der Waals surface area contributed by atoms with Crippen LogP contribution in [-0.2, 0) is 0 Å². The Labute approximate surface area is 167 Å². The summed E-state index contributed by atoms with van der Waals surface area (Å²) in [5, 5.41) is 10.6. The van der Waals surface area contributed by atoms with Crippen LogP contribution >= 0.6 is 23.1 Å². The van der Waals surface area contributed by atoms with Crippen molar-refractivity contribution < 1.29 is 4.79 Å². The zero-order chi connectivity index (χ0) is 19.4. The van der Waals surface area contributed by atoms with E-state index in [0.717, 1.165) is 10.7 Å². The summed E-state index contributed by atoms with van der Waals surface area (Å²) in [4.78, 5) is 12.6. The van der Waals surface area contributed by atoms with E-state index in [9.17, 15) is 4.79 Å². The molecule has 0 fully saturated rings. The van der Waals surface area contributed by atoms with Gasteiger partial charge in [-0.3, -0.25) is 4.79 Å². The summed E-state index contributed by atoms with van der Waals surface area (Å²) >= 11 is 7.69. The molecule has 0 saturated carbocycles. The molecule has 0 aliphatic heterocycles. The van der Waals surface area contributed by atoms with Gasteiger partial charge in [-0.1, -0.05) is 41.9 Å². The van der Waals surface area contributed by atoms with Crippen molar-refractivity contribution in [1.82, 2.24) is 4.37 Å². The Balaban J connectivity index is 1.73. The molecule has 2 aromatic carbocycles. The summed E-state index contributed by atoms with van der Waals surface area (Å²) in [6, 6.07) is 15.7. The van der Waals surface area contributed by atoms with Gasteiger partial charge < -0.3 is 16.0 Å². The molecule has 0 radical (unpaired) electrons. The van der Waals surface area contributed by atoms with Gasteiger partial charge in [-0.2, -0.15) is 4.37 Å². The largest absolute Gasteiger partial charge is 0.378 e. The predicted octanol–water partition coefficient (Wildman–Crippen LogP) is 5.57. The Morgan fingerprint density at radius 2 is 1.93 bits per heavy atom. The lowest BCUT2D eigenvalue weighted by atomic mass is 10.1. The maximum Gasteiger partial charge on any atom is 0.260 e. The summed E-state index contributed by atoms with van der Waals surface area (Å²) in [6.07, 6.45) is 0. The Hall–Kier alpha value is -2.57. The summed E-state index contributed by atoms with van der Waals surface area (Å²) < 4.78 is 4.23. The van der Waals surface area contributed by atoms with E-state index in [-0.39, 0.29) is 11.9 Å². The van der Waals surface area contributed by atoms with Gasteiger partial charge in [0.1, 0.15) is 5.00 Å². The van der Waals surface area contributed by atoms with Crippen LogP contribution in [-0.4, -0.2) is 17.3 Å². The highest BCUT2D eigenvalue weighted by atomic mass is 35.5. The Morgan fingerprint density at radius 3 is 2.59 bits per heavy atom. The van der Waals surface area contributed by atoms with Crippen LogP contribution in [0.15, 0.2) is 48.5 Å². The molecular weight excluding hydrogens is 380 g/mol. The highest BCUT2D eigenvalue weighted by Gasteiger charge is 2.18. The Kier molecular flexibility index (Phi) is 5.98. The molecule has 1 aromatic heterocycles. The molecule has 0 aliphatic carbocycles. The van der Waals surface area contributed by atoms with Crippen molar-refractivity contribution in [2.24, 2.45) is 0 Å². The van der Waals surface area contributed by atoms with Gasteiger partial charge in [-0.15, -0.1) is 0 Å². The fourth-order valence-corrected chi connectivity index (χ4v) is 3.75. The van der Waals surface area contributed by atoms with E-state index in [4.69, 9.17) is 11.6 Å². The molecule has 3 N–H and O–H groups in total. The highest BCUT2D eigenvalue weighted by molar-refractivity contribution is 7.10. The number of nitrogens with one attached hydrogen (secondary N) is 3. The fraction of sp³-hybridized carbons (Fsp3) is 0.200. The van der Waals surface area contributed by atoms with Crippen molar-refractivity contribution >= 4 is 45.4 Å². The summed E-state index contributed by atoms with van der Waals surface area (Å²) in [7, 11) is 1.77. The maximum atomic E-state index is 12.6. The third-order valence-electron chi connectivity index (χ3n) is 4.22. The molecule has 3 aromatic rings. The predicted molar refractivity (Wildman–Crippen MR) is 114 cm³/mol. The summed E-state index contributed by atoms with van der Waals surface area (Å²) in [5.41, 5.74) is 3.87. The zero-order valence-electron chi connectivity index (χ0n) is 15.3. The molecule has 1 unspecified atom stereocenters. The molecule has 3 rings (SSSR count). The van der Waals surface area contributed by atoms with E-state index in [1.807, 2.05) is 37.3 Å². The van der Waals surface area contributed by atoms with Crippen molar-refractivity contribution in [1.29, 1.82) is 0 Å². The van der Waals surface area contributed by atoms with E-state index >= 15 is 0 Å². The minimum absolute atomic E-state index is 0.113. The second-order valence-electron chi connectivity index (χ2n) is 6.15. The molecule has 1 heterocycles. The molecule has 5 nitrogen and oxygen atoms in total. The number of hydrogen-bond donors (Lipinski definition) is 3. The average molecular weight is 401 g/mol. The number of rotatable bonds is 6. The third-order valence-corrected chi connectivity index (χ3v) is 5.48. The number of anilines is 3. The number of carbonyl (C=O) groups is 1. The second kappa shape index (κ2) is 8.41. The number of halogens is 1. The van der Waals surface area contributed by atoms with Crippen molar-refractivity contribution in [3.8, 4) is 0 Å². The molecule has 140 valence electrons. The van der Waals surface area contributed by atoms with E-state index in [1.54, 1.807) is 13.1 Å². The van der Waals surface area contributed by atoms with Gasteiger partial charge in [0.2, 0.25) is 0 Å². The number of hydrogen-bond acceptors (Lipinski definition) is 5. The standard InChI is InChI=1S/C20H21ClN4OS/c1-12(14-7-5-4-6-8-14)23-17-10-9-15(11-16(17)21)24-19(26)18-13(2)25-27-20(18)22-3/h4-12,22-23H,1-3H3,(H,24,26). The SMILES string of the molecule is CNc1snc(C)c1C(=O)Nc1ccc(NC(C)c2ccccc2)c(Cl)c1. The van der Waals surface area contributed by atoms with Crippen LogP contribution in [0.25, 0.3) is 0 Å². The third kappa shape index (κ3) is 4.40. The van der Waals surface area contributed by atoms with Gasteiger partial charge in [0, 0.05) is 18.8 Å². The number of carbonyl (C=O) groups excluding carboxylic acids is 1. The number of amides is 1. The molecule has 27 heavy (non-hydrogen) atoms. The van der Waals surface area contributed by atoms with Crippen LogP contribution in [0, 0.1) is 6.92 Å². The zero-order valence-corrected chi connectivity index (χ0v) is 16.9. The molecular formula is C20H21ClN4OS. The van der Waals surface area contributed by atoms with Gasteiger partial charge >= 0.3 is 0 Å². The van der Waals surface area contributed by atoms with Crippen LogP contribution in [0.5, 0.6) is 0 Å². The maximum absolute atomic E-state index is 12.6. The summed E-state index contributed by atoms with van der Waals surface area (Å²) in [6.45, 7) is 3.89. The van der Waals surface area contributed by atoms with Crippen LogP contribution in [0.4, 0.5) is 16.4 Å². The van der Waals surface area contributed by atoms with Crippen molar-refractivity contribution in [3.63, 3.8) is 0 Å². The highest BCUT2D eigenvalue weighted by Crippen LogP contribution is 2.30. The van der Waals surface area contributed by atoms with E-state index in [1.165, 1.54) is 17.1 Å². The number of benzene rings is 2. The molecule has 1 amide bonds. The monoisotopic (exact) mass is 400 g/mol. The normalized spacial score (nSPS) is 11.7. The van der Waals surface area contributed by atoms with Gasteiger partial charge in [0.05, 0.1) is 22.0 Å². The lowest BCUT2D eigenvalue weighted by Gasteiger charge is -2.17. The topological polar surface area (TPSA) is 66.0 Å². The van der Waals surface area contributed by atoms with Crippen molar-refractivity contribution in [2.75, 3.05) is 23.0 Å². The minimum atomic E-state index is -0.208. The second-order valence-corrected chi connectivity index (χ2v) is 7.33. The minimum Gasteiger partial charge on any atom is -0.378 e. The van der Waals surface area contributed by atoms with Crippen molar-refractivity contribution in [2.45, 2.75) is 19.9 Å². The first-order chi connectivity index (χ1) is 13.0. The summed E-state index contributed by atoms with van der Waals surface area (Å²) in [5.74, 6) is -0.208. The lowest BCUT2D eigenvalue weighted by molar-refractivity contribution is 0.102. The molecule has 0 saturated heterocycles. The first kappa shape index (κ1) is 19.2. The Morgan fingerprint density at radius 1 is 1.19 bits per heavy atom. The molecule has 0 spiro atoms. The lowest BCUT2D eigenvalue weighted by Crippen LogP contribution is -2.14. The van der Waals surface area contributed by atoms with Crippen LogP contribution in [0.2, 0.25) is 5.02 Å². The molecule has 0 aliphatic rings. The smallest absolute Gasteiger partial charge is 0.260 e. The fourth-order valence-electron chi connectivity index (χ4n) is 2.77. The van der Waals surface area contributed by atoms with E-state index < -0.39 is 0 Å². The number of aromatic nitrogens is 1. The first-order valence-electron chi connectivity index (χ1n) is 8.56.